The molecule has 1 aromatic rings. The lowest BCUT2D eigenvalue weighted by atomic mass is 9.97. The number of hydrogen-bond acceptors (Lipinski definition) is 9. The first kappa shape index (κ1) is 23.0. The zero-order valence-electron chi connectivity index (χ0n) is 17.4. The number of methoxy groups -OCH3 is 1. The van der Waals surface area contributed by atoms with Crippen molar-refractivity contribution in [1.29, 1.82) is 0 Å². The van der Waals surface area contributed by atoms with Crippen molar-refractivity contribution in [2.45, 2.75) is 50.8 Å². The molecular formula is C19H25FN4O7. The fourth-order valence-electron chi connectivity index (χ4n) is 3.32. The maximum absolute atomic E-state index is 13.6. The van der Waals surface area contributed by atoms with Gasteiger partial charge in [-0.1, -0.05) is 16.9 Å². The first-order chi connectivity index (χ1) is 14.8. The van der Waals surface area contributed by atoms with Crippen LogP contribution >= 0.6 is 0 Å². The summed E-state index contributed by atoms with van der Waals surface area (Å²) >= 11 is 0. The van der Waals surface area contributed by atoms with Crippen molar-refractivity contribution in [3.63, 3.8) is 0 Å². The highest BCUT2D eigenvalue weighted by Gasteiger charge is 2.51. The molecule has 1 saturated heterocycles. The van der Waals surface area contributed by atoms with Crippen molar-refractivity contribution in [3.8, 4) is 0 Å². The van der Waals surface area contributed by atoms with Gasteiger partial charge in [0.1, 0.15) is 18.0 Å². The van der Waals surface area contributed by atoms with Gasteiger partial charge in [0.2, 0.25) is 0 Å². The highest BCUT2D eigenvalue weighted by Crippen LogP contribution is 2.34. The molecule has 170 valence electrons. The summed E-state index contributed by atoms with van der Waals surface area (Å²) < 4.78 is 21.0. The summed E-state index contributed by atoms with van der Waals surface area (Å²) in [6, 6.07) is 1.19. The molecule has 1 aromatic heterocycles. The van der Waals surface area contributed by atoms with Crippen LogP contribution in [0, 0.1) is 0 Å². The maximum atomic E-state index is 13.6. The van der Waals surface area contributed by atoms with E-state index in [1.807, 2.05) is 0 Å². The third-order valence-corrected chi connectivity index (χ3v) is 5.06. The van der Waals surface area contributed by atoms with Gasteiger partial charge >= 0.3 is 5.69 Å². The van der Waals surface area contributed by atoms with Gasteiger partial charge in [0, 0.05) is 25.8 Å². The Labute approximate surface area is 176 Å². The molecule has 31 heavy (non-hydrogen) atoms. The second-order valence-electron chi connectivity index (χ2n) is 7.30. The summed E-state index contributed by atoms with van der Waals surface area (Å²) in [5.74, 6) is -0.468. The Morgan fingerprint density at radius 2 is 2.26 bits per heavy atom. The number of aliphatic hydroxyl groups is 1. The Morgan fingerprint density at radius 3 is 2.97 bits per heavy atom. The summed E-state index contributed by atoms with van der Waals surface area (Å²) in [4.78, 5) is 41.6. The fraction of sp³-hybridized carbons (Fsp3) is 0.526. The van der Waals surface area contributed by atoms with Crippen LogP contribution in [-0.2, 0) is 25.8 Å². The predicted octanol–water partition coefficient (Wildman–Crippen LogP) is 0.315. The molecule has 2 N–H and O–H groups in total. The fourth-order valence-corrected chi connectivity index (χ4v) is 3.32. The molecule has 2 aliphatic rings. The van der Waals surface area contributed by atoms with Crippen LogP contribution in [0.1, 0.15) is 26.5 Å². The number of oxime groups is 1. The number of aliphatic hydroxyl groups excluding tert-OH is 1. The maximum Gasteiger partial charge on any atom is 0.333 e. The average Bonchev–Trinajstić information content (AvgIpc) is 3.13. The molecule has 0 saturated carbocycles. The van der Waals surface area contributed by atoms with E-state index < -0.39 is 47.7 Å². The molecule has 0 amide bonds. The molecule has 0 aromatic carbocycles. The molecule has 3 rings (SSSR count). The van der Waals surface area contributed by atoms with Crippen molar-refractivity contribution < 1.29 is 28.7 Å². The van der Waals surface area contributed by atoms with E-state index in [1.165, 1.54) is 37.6 Å². The number of halogens is 1. The third kappa shape index (κ3) is 4.83. The standard InChI is InChI=1S/C19H25FN4O7/c1-12-9-13(20)5-4-6-14(21-29-12)10-24-16(26)7-8-23(18(24)27)17-19(2,31-22-30-17)15(11-25)28-3/h4-5,7-9,12,15,17,22,25H,6,10-11H2,1-3H3/b5-4-,13-9+,21-14+/t12?,15?,17?,19-/m1/s1. The summed E-state index contributed by atoms with van der Waals surface area (Å²) in [7, 11) is 1.39. The molecular weight excluding hydrogens is 415 g/mol. The van der Waals surface area contributed by atoms with Crippen LogP contribution in [0.15, 0.2) is 51.1 Å². The minimum absolute atomic E-state index is 0.174. The lowest BCUT2D eigenvalue weighted by Gasteiger charge is -2.33. The number of nitrogens with zero attached hydrogens (tertiary/aromatic N) is 3. The molecule has 1 fully saturated rings. The SMILES string of the molecule is COC(CO)[C@@]1(C)ONOC1n1ccc(=O)n(C/C2=N/OC(C)/C=C(F)\C=C/C2)c1=O. The highest BCUT2D eigenvalue weighted by atomic mass is 19.1. The van der Waals surface area contributed by atoms with Crippen LogP contribution in [0.3, 0.4) is 0 Å². The van der Waals surface area contributed by atoms with Crippen LogP contribution in [0.4, 0.5) is 4.39 Å². The van der Waals surface area contributed by atoms with E-state index in [0.717, 1.165) is 9.13 Å². The molecule has 3 unspecified atom stereocenters. The van der Waals surface area contributed by atoms with E-state index in [-0.39, 0.29) is 13.0 Å². The number of aromatic nitrogens is 2. The summed E-state index contributed by atoms with van der Waals surface area (Å²) in [6.07, 6.45) is 2.98. The third-order valence-electron chi connectivity index (χ3n) is 5.06. The Balaban J connectivity index is 1.95. The molecule has 11 nitrogen and oxygen atoms in total. The summed E-state index contributed by atoms with van der Waals surface area (Å²) in [5.41, 5.74) is 0.0483. The van der Waals surface area contributed by atoms with E-state index in [4.69, 9.17) is 19.2 Å². The second-order valence-corrected chi connectivity index (χ2v) is 7.30. The lowest BCUT2D eigenvalue weighted by Crippen LogP contribution is -2.52. The molecule has 2 aliphatic heterocycles. The minimum atomic E-state index is -1.28. The van der Waals surface area contributed by atoms with Crippen molar-refractivity contribution in [3.05, 3.63) is 57.2 Å². The molecule has 3 heterocycles. The van der Waals surface area contributed by atoms with E-state index in [9.17, 15) is 19.1 Å². The smallest absolute Gasteiger partial charge is 0.333 e. The van der Waals surface area contributed by atoms with Gasteiger partial charge in [-0.25, -0.2) is 14.0 Å². The topological polar surface area (TPSA) is 126 Å². The minimum Gasteiger partial charge on any atom is -0.394 e. The zero-order valence-corrected chi connectivity index (χ0v) is 17.4. The Morgan fingerprint density at radius 1 is 1.48 bits per heavy atom. The van der Waals surface area contributed by atoms with E-state index >= 15 is 0 Å². The van der Waals surface area contributed by atoms with Gasteiger partial charge in [-0.3, -0.25) is 18.8 Å². The Kier molecular flexibility index (Phi) is 7.18. The van der Waals surface area contributed by atoms with Crippen molar-refractivity contribution in [2.24, 2.45) is 5.16 Å². The number of ether oxygens (including phenoxy) is 1. The first-order valence-electron chi connectivity index (χ1n) is 9.60. The van der Waals surface area contributed by atoms with Crippen LogP contribution in [0.2, 0.25) is 0 Å². The number of allylic oxidation sites excluding steroid dienone is 3. The normalized spacial score (nSPS) is 31.9. The van der Waals surface area contributed by atoms with Crippen LogP contribution in [0.25, 0.3) is 0 Å². The molecule has 0 spiro atoms. The lowest BCUT2D eigenvalue weighted by molar-refractivity contribution is -0.158. The van der Waals surface area contributed by atoms with Gasteiger partial charge in [0.15, 0.2) is 11.8 Å². The van der Waals surface area contributed by atoms with Gasteiger partial charge in [-0.15, -0.1) is 0 Å². The monoisotopic (exact) mass is 440 g/mol. The largest absolute Gasteiger partial charge is 0.394 e. The van der Waals surface area contributed by atoms with Crippen molar-refractivity contribution in [2.75, 3.05) is 13.7 Å². The van der Waals surface area contributed by atoms with Crippen LogP contribution in [-0.4, -0.2) is 51.5 Å². The van der Waals surface area contributed by atoms with Gasteiger partial charge in [0.25, 0.3) is 5.56 Å². The quantitative estimate of drug-likeness (QED) is 0.648. The predicted molar refractivity (Wildman–Crippen MR) is 107 cm³/mol. The van der Waals surface area contributed by atoms with E-state index in [1.54, 1.807) is 13.8 Å². The molecule has 0 radical (unpaired) electrons. The number of hydrogen-bond donors (Lipinski definition) is 2. The zero-order chi connectivity index (χ0) is 22.6. The van der Waals surface area contributed by atoms with E-state index in [0.29, 0.717) is 5.71 Å². The number of rotatable bonds is 6. The van der Waals surface area contributed by atoms with E-state index in [2.05, 4.69) is 10.8 Å². The van der Waals surface area contributed by atoms with Gasteiger partial charge in [-0.05, 0) is 26.0 Å². The van der Waals surface area contributed by atoms with Crippen molar-refractivity contribution in [1.82, 2.24) is 14.8 Å². The van der Waals surface area contributed by atoms with Crippen LogP contribution in [0.5, 0.6) is 0 Å². The second kappa shape index (κ2) is 9.66. The summed E-state index contributed by atoms with van der Waals surface area (Å²) in [5, 5.41) is 13.6. The highest BCUT2D eigenvalue weighted by molar-refractivity contribution is 5.85. The first-order valence-corrected chi connectivity index (χ1v) is 9.60. The number of nitrogens with one attached hydrogen (secondary N) is 1. The summed E-state index contributed by atoms with van der Waals surface area (Å²) in [6.45, 7) is 2.63. The average molecular weight is 440 g/mol. The molecule has 4 atom stereocenters. The Hall–Kier alpha value is -2.64. The van der Waals surface area contributed by atoms with Gasteiger partial charge in [-0.2, -0.15) is 0 Å². The molecule has 0 aliphatic carbocycles. The molecule has 0 bridgehead atoms. The van der Waals surface area contributed by atoms with Crippen LogP contribution < -0.4 is 16.9 Å². The Bertz CT molecular complexity index is 998. The van der Waals surface area contributed by atoms with Crippen molar-refractivity contribution >= 4 is 5.71 Å². The van der Waals surface area contributed by atoms with Gasteiger partial charge < -0.3 is 14.7 Å². The van der Waals surface area contributed by atoms with Gasteiger partial charge in [0.05, 0.1) is 18.9 Å². The molecule has 12 heteroatoms.